The maximum absolute atomic E-state index is 4.48. The van der Waals surface area contributed by atoms with Crippen LogP contribution in [0.3, 0.4) is 0 Å². The van der Waals surface area contributed by atoms with Gasteiger partial charge in [0.1, 0.15) is 0 Å². The van der Waals surface area contributed by atoms with E-state index in [2.05, 4.69) is 108 Å². The minimum atomic E-state index is 0.527. The number of benzene rings is 2. The molecule has 0 amide bonds. The summed E-state index contributed by atoms with van der Waals surface area (Å²) in [5.74, 6) is 0. The van der Waals surface area contributed by atoms with Gasteiger partial charge in [0.2, 0.25) is 0 Å². The SMILES string of the molecule is C=C(CCN(Cc1ccccc1)C1C=CCCC1)C(=C)CCN(Cc1ccccc1)C1C=CCCC1. The second-order valence-electron chi connectivity index (χ2n) is 10.5. The summed E-state index contributed by atoms with van der Waals surface area (Å²) in [5.41, 5.74) is 5.20. The first-order chi connectivity index (χ1) is 17.7. The smallest absolute Gasteiger partial charge is 0.0281 e. The zero-order valence-corrected chi connectivity index (χ0v) is 22.0. The number of hydrogen-bond donors (Lipinski definition) is 0. The fourth-order valence-electron chi connectivity index (χ4n) is 5.47. The zero-order chi connectivity index (χ0) is 25.0. The standard InChI is InChI=1S/C34H44N2/c1-29(23-25-35(33-19-11-5-12-20-33)27-31-15-7-3-8-16-31)30(2)24-26-36(34-21-13-6-14-22-34)28-32-17-9-4-10-18-32/h3-4,7-11,13,15-19,21,33-34H,1-2,5-6,12,14,20,22-28H2. The second-order valence-corrected chi connectivity index (χ2v) is 10.5. The van der Waals surface area contributed by atoms with Crippen molar-refractivity contribution in [1.82, 2.24) is 9.80 Å². The van der Waals surface area contributed by atoms with Crippen LogP contribution in [0.1, 0.15) is 62.5 Å². The minimum Gasteiger partial charge on any atom is -0.292 e. The van der Waals surface area contributed by atoms with Gasteiger partial charge < -0.3 is 0 Å². The lowest BCUT2D eigenvalue weighted by atomic mass is 9.97. The van der Waals surface area contributed by atoms with Crippen LogP contribution < -0.4 is 0 Å². The Balaban J connectivity index is 1.32. The molecule has 0 radical (unpaired) electrons. The molecule has 36 heavy (non-hydrogen) atoms. The normalized spacial score (nSPS) is 19.6. The average Bonchev–Trinajstić information content (AvgIpc) is 2.95. The maximum atomic E-state index is 4.48. The van der Waals surface area contributed by atoms with E-state index >= 15 is 0 Å². The molecule has 4 rings (SSSR count). The Hall–Kier alpha value is -2.68. The van der Waals surface area contributed by atoms with Gasteiger partial charge in [0.15, 0.2) is 0 Å². The summed E-state index contributed by atoms with van der Waals surface area (Å²) in [6.07, 6.45) is 19.0. The molecular formula is C34H44N2. The first-order valence-electron chi connectivity index (χ1n) is 13.9. The number of allylic oxidation sites excluding steroid dienone is 2. The topological polar surface area (TPSA) is 6.48 Å². The van der Waals surface area contributed by atoms with Gasteiger partial charge >= 0.3 is 0 Å². The Morgan fingerprint density at radius 1 is 0.639 bits per heavy atom. The van der Waals surface area contributed by atoms with Crippen LogP contribution in [-0.2, 0) is 13.1 Å². The molecule has 0 saturated heterocycles. The summed E-state index contributed by atoms with van der Waals surface area (Å²) in [6, 6.07) is 22.8. The summed E-state index contributed by atoms with van der Waals surface area (Å²) in [5, 5.41) is 0. The van der Waals surface area contributed by atoms with Gasteiger partial charge in [-0.1, -0.05) is 109 Å². The van der Waals surface area contributed by atoms with Gasteiger partial charge in [-0.25, -0.2) is 0 Å². The molecule has 2 heteroatoms. The number of rotatable bonds is 13. The highest BCUT2D eigenvalue weighted by Crippen LogP contribution is 2.24. The molecule has 2 aliphatic carbocycles. The molecule has 2 unspecified atom stereocenters. The summed E-state index contributed by atoms with van der Waals surface area (Å²) in [4.78, 5) is 5.27. The molecular weight excluding hydrogens is 436 g/mol. The first-order valence-corrected chi connectivity index (χ1v) is 13.9. The average molecular weight is 481 g/mol. The van der Waals surface area contributed by atoms with Crippen LogP contribution in [0, 0.1) is 0 Å². The van der Waals surface area contributed by atoms with Crippen molar-refractivity contribution in [3.63, 3.8) is 0 Å². The predicted molar refractivity (Wildman–Crippen MR) is 155 cm³/mol. The van der Waals surface area contributed by atoms with Crippen LogP contribution in [0.5, 0.6) is 0 Å². The molecule has 2 aromatic carbocycles. The van der Waals surface area contributed by atoms with Crippen LogP contribution in [0.2, 0.25) is 0 Å². The largest absolute Gasteiger partial charge is 0.292 e. The van der Waals surface area contributed by atoms with Crippen LogP contribution in [0.15, 0.2) is 109 Å². The third-order valence-corrected chi connectivity index (χ3v) is 7.75. The molecule has 0 spiro atoms. The van der Waals surface area contributed by atoms with E-state index in [1.165, 1.54) is 60.8 Å². The Morgan fingerprint density at radius 3 is 1.42 bits per heavy atom. The van der Waals surface area contributed by atoms with E-state index in [-0.39, 0.29) is 0 Å². The van der Waals surface area contributed by atoms with Gasteiger partial charge in [-0.15, -0.1) is 0 Å². The molecule has 2 atom stereocenters. The van der Waals surface area contributed by atoms with Crippen LogP contribution in [-0.4, -0.2) is 35.0 Å². The molecule has 2 nitrogen and oxygen atoms in total. The second kappa shape index (κ2) is 14.2. The van der Waals surface area contributed by atoms with Crippen molar-refractivity contribution < 1.29 is 0 Å². The van der Waals surface area contributed by atoms with E-state index < -0.39 is 0 Å². The zero-order valence-electron chi connectivity index (χ0n) is 22.0. The third-order valence-electron chi connectivity index (χ3n) is 7.75. The quantitative estimate of drug-likeness (QED) is 0.211. The number of nitrogens with zero attached hydrogens (tertiary/aromatic N) is 2. The molecule has 190 valence electrons. The van der Waals surface area contributed by atoms with E-state index in [9.17, 15) is 0 Å². The van der Waals surface area contributed by atoms with Crippen molar-refractivity contribution in [2.24, 2.45) is 0 Å². The third kappa shape index (κ3) is 8.18. The predicted octanol–water partition coefficient (Wildman–Crippen LogP) is 8.10. The van der Waals surface area contributed by atoms with E-state index in [0.717, 1.165) is 39.0 Å². The maximum Gasteiger partial charge on any atom is 0.0281 e. The van der Waals surface area contributed by atoms with Gasteiger partial charge in [0.25, 0.3) is 0 Å². The first kappa shape index (κ1) is 26.4. The van der Waals surface area contributed by atoms with Crippen LogP contribution >= 0.6 is 0 Å². The molecule has 2 aliphatic rings. The molecule has 0 fully saturated rings. The Kier molecular flexibility index (Phi) is 10.4. The van der Waals surface area contributed by atoms with Crippen molar-refractivity contribution in [1.29, 1.82) is 0 Å². The van der Waals surface area contributed by atoms with Crippen molar-refractivity contribution in [2.75, 3.05) is 13.1 Å². The molecule has 0 aliphatic heterocycles. The van der Waals surface area contributed by atoms with Crippen molar-refractivity contribution in [2.45, 2.75) is 76.5 Å². The van der Waals surface area contributed by atoms with Gasteiger partial charge in [-0.05, 0) is 62.5 Å². The van der Waals surface area contributed by atoms with E-state index in [0.29, 0.717) is 12.1 Å². The highest BCUT2D eigenvalue weighted by atomic mass is 15.2. The van der Waals surface area contributed by atoms with Gasteiger partial charge in [-0.3, -0.25) is 9.80 Å². The molecule has 0 heterocycles. The highest BCUT2D eigenvalue weighted by Gasteiger charge is 2.20. The summed E-state index contributed by atoms with van der Waals surface area (Å²) in [6.45, 7) is 13.0. The van der Waals surface area contributed by atoms with E-state index in [4.69, 9.17) is 0 Å². The van der Waals surface area contributed by atoms with Gasteiger partial charge in [0, 0.05) is 38.3 Å². The minimum absolute atomic E-state index is 0.527. The van der Waals surface area contributed by atoms with Crippen molar-refractivity contribution in [3.8, 4) is 0 Å². The van der Waals surface area contributed by atoms with E-state index in [1.54, 1.807) is 0 Å². The fourth-order valence-corrected chi connectivity index (χ4v) is 5.47. The monoisotopic (exact) mass is 480 g/mol. The van der Waals surface area contributed by atoms with Crippen molar-refractivity contribution >= 4 is 0 Å². The lowest BCUT2D eigenvalue weighted by molar-refractivity contribution is 0.204. The Bertz CT molecular complexity index is 920. The Morgan fingerprint density at radius 2 is 1.06 bits per heavy atom. The van der Waals surface area contributed by atoms with E-state index in [1.807, 2.05) is 0 Å². The molecule has 2 aromatic rings. The highest BCUT2D eigenvalue weighted by molar-refractivity contribution is 5.26. The lowest BCUT2D eigenvalue weighted by Gasteiger charge is -2.33. The summed E-state index contributed by atoms with van der Waals surface area (Å²) < 4.78 is 0. The number of hydrogen-bond acceptors (Lipinski definition) is 2. The van der Waals surface area contributed by atoms with Gasteiger partial charge in [0.05, 0.1) is 0 Å². The fraction of sp³-hybridized carbons (Fsp3) is 0.412. The van der Waals surface area contributed by atoms with Gasteiger partial charge in [-0.2, -0.15) is 0 Å². The Labute approximate surface area is 219 Å². The molecule has 0 saturated carbocycles. The summed E-state index contributed by atoms with van der Waals surface area (Å²) >= 11 is 0. The van der Waals surface area contributed by atoms with Crippen LogP contribution in [0.4, 0.5) is 0 Å². The molecule has 0 N–H and O–H groups in total. The summed E-state index contributed by atoms with van der Waals surface area (Å²) in [7, 11) is 0. The van der Waals surface area contributed by atoms with Crippen molar-refractivity contribution in [3.05, 3.63) is 120 Å². The molecule has 0 aromatic heterocycles. The lowest BCUT2D eigenvalue weighted by Crippen LogP contribution is -2.36. The van der Waals surface area contributed by atoms with Crippen LogP contribution in [0.25, 0.3) is 0 Å². The molecule has 0 bridgehead atoms.